The van der Waals surface area contributed by atoms with E-state index in [0.717, 1.165) is 11.1 Å². The van der Waals surface area contributed by atoms with Gasteiger partial charge in [-0.1, -0.05) is 36.4 Å². The van der Waals surface area contributed by atoms with Gasteiger partial charge < -0.3 is 9.32 Å². The SMILES string of the molecule is CCN1C(=O)/C(=C/c2ccc3oc(-c4ccccc4)cc(=O)c3c2)N(CC)C1=S. The Balaban J connectivity index is 1.78. The van der Waals surface area contributed by atoms with Crippen molar-refractivity contribution >= 4 is 40.3 Å². The number of hydrogen-bond acceptors (Lipinski definition) is 4. The highest BCUT2D eigenvalue weighted by Crippen LogP contribution is 2.26. The zero-order valence-electron chi connectivity index (χ0n) is 16.2. The number of benzene rings is 2. The zero-order valence-corrected chi connectivity index (χ0v) is 17.0. The van der Waals surface area contributed by atoms with E-state index in [1.807, 2.05) is 55.1 Å². The Hall–Kier alpha value is -3.25. The van der Waals surface area contributed by atoms with Gasteiger partial charge in [-0.2, -0.15) is 0 Å². The molecule has 2 heterocycles. The molecule has 1 fully saturated rings. The highest BCUT2D eigenvalue weighted by atomic mass is 32.1. The molecule has 0 bridgehead atoms. The summed E-state index contributed by atoms with van der Waals surface area (Å²) in [5, 5.41) is 0.988. The van der Waals surface area contributed by atoms with Gasteiger partial charge in [0.2, 0.25) is 0 Å². The fraction of sp³-hybridized carbons (Fsp3) is 0.174. The Labute approximate surface area is 173 Å². The van der Waals surface area contributed by atoms with Gasteiger partial charge in [-0.15, -0.1) is 0 Å². The van der Waals surface area contributed by atoms with Crippen molar-refractivity contribution in [1.29, 1.82) is 0 Å². The van der Waals surface area contributed by atoms with Crippen molar-refractivity contribution in [2.75, 3.05) is 13.1 Å². The number of nitrogens with zero attached hydrogens (tertiary/aromatic N) is 2. The first-order chi connectivity index (χ1) is 14.0. The van der Waals surface area contributed by atoms with Crippen LogP contribution in [0.4, 0.5) is 0 Å². The van der Waals surface area contributed by atoms with E-state index < -0.39 is 0 Å². The largest absolute Gasteiger partial charge is 0.456 e. The molecule has 0 atom stereocenters. The lowest BCUT2D eigenvalue weighted by molar-refractivity contribution is -0.122. The summed E-state index contributed by atoms with van der Waals surface area (Å²) in [4.78, 5) is 28.8. The molecule has 1 aliphatic heterocycles. The van der Waals surface area contributed by atoms with Crippen LogP contribution in [0.2, 0.25) is 0 Å². The molecule has 2 aromatic carbocycles. The van der Waals surface area contributed by atoms with Gasteiger partial charge in [0.25, 0.3) is 5.91 Å². The Bertz CT molecular complexity index is 1200. The van der Waals surface area contributed by atoms with Crippen molar-refractivity contribution in [1.82, 2.24) is 9.80 Å². The summed E-state index contributed by atoms with van der Waals surface area (Å²) in [6.45, 7) is 4.97. The molecule has 0 radical (unpaired) electrons. The van der Waals surface area contributed by atoms with Gasteiger partial charge in [0, 0.05) is 24.7 Å². The lowest BCUT2D eigenvalue weighted by atomic mass is 10.1. The van der Waals surface area contributed by atoms with Crippen LogP contribution < -0.4 is 5.43 Å². The first kappa shape index (κ1) is 19.1. The molecular formula is C23H20N2O3S. The summed E-state index contributed by atoms with van der Waals surface area (Å²) in [5.74, 6) is 0.409. The maximum Gasteiger partial charge on any atom is 0.276 e. The average Bonchev–Trinajstić information content (AvgIpc) is 2.97. The number of fused-ring (bicyclic) bond motifs is 1. The van der Waals surface area contributed by atoms with E-state index >= 15 is 0 Å². The van der Waals surface area contributed by atoms with E-state index in [4.69, 9.17) is 16.6 Å². The Morgan fingerprint density at radius 2 is 1.69 bits per heavy atom. The van der Waals surface area contributed by atoms with E-state index in [1.165, 1.54) is 6.07 Å². The molecule has 6 heteroatoms. The predicted molar refractivity (Wildman–Crippen MR) is 118 cm³/mol. The van der Waals surface area contributed by atoms with Crippen LogP contribution in [0, 0.1) is 0 Å². The molecule has 0 spiro atoms. The van der Waals surface area contributed by atoms with E-state index in [1.54, 1.807) is 23.1 Å². The van der Waals surface area contributed by atoms with Crippen LogP contribution in [0.15, 0.2) is 69.5 Å². The van der Waals surface area contributed by atoms with Gasteiger partial charge in [-0.05, 0) is 49.8 Å². The summed E-state index contributed by atoms with van der Waals surface area (Å²) >= 11 is 5.41. The molecule has 0 unspecified atom stereocenters. The second-order valence-corrected chi connectivity index (χ2v) is 7.07. The Kier molecular flexibility index (Phi) is 5.03. The maximum absolute atomic E-state index is 12.7. The monoisotopic (exact) mass is 404 g/mol. The first-order valence-corrected chi connectivity index (χ1v) is 9.92. The van der Waals surface area contributed by atoms with Gasteiger partial charge in [0.05, 0.1) is 5.39 Å². The summed E-state index contributed by atoms with van der Waals surface area (Å²) < 4.78 is 5.94. The number of rotatable bonds is 4. The molecule has 1 aliphatic rings. The second kappa shape index (κ2) is 7.64. The lowest BCUT2D eigenvalue weighted by Gasteiger charge is -2.17. The maximum atomic E-state index is 12.7. The lowest BCUT2D eigenvalue weighted by Crippen LogP contribution is -2.32. The minimum Gasteiger partial charge on any atom is -0.456 e. The molecule has 1 saturated heterocycles. The van der Waals surface area contributed by atoms with Gasteiger partial charge in [-0.3, -0.25) is 14.5 Å². The summed E-state index contributed by atoms with van der Waals surface area (Å²) in [5.41, 5.74) is 2.50. The quantitative estimate of drug-likeness (QED) is 0.480. The number of likely N-dealkylation sites (N-methyl/N-ethyl adjacent to an activating group) is 2. The minimum atomic E-state index is -0.124. The highest BCUT2D eigenvalue weighted by Gasteiger charge is 2.35. The molecule has 5 nitrogen and oxygen atoms in total. The molecular weight excluding hydrogens is 384 g/mol. The number of thiocarbonyl (C=S) groups is 1. The third-order valence-corrected chi connectivity index (χ3v) is 5.40. The molecule has 3 aromatic rings. The third-order valence-electron chi connectivity index (χ3n) is 4.96. The van der Waals surface area contributed by atoms with Gasteiger partial charge in [-0.25, -0.2) is 0 Å². The molecule has 0 N–H and O–H groups in total. The standard InChI is InChI=1S/C23H20N2O3S/c1-3-24-18(22(27)25(4-2)23(24)29)13-15-10-11-20-17(12-15)19(26)14-21(28-20)16-8-6-5-7-9-16/h5-14H,3-4H2,1-2H3/b18-13-. The van der Waals surface area contributed by atoms with Crippen LogP contribution in [0.1, 0.15) is 19.4 Å². The third kappa shape index (κ3) is 3.36. The Morgan fingerprint density at radius 3 is 2.38 bits per heavy atom. The first-order valence-electron chi connectivity index (χ1n) is 9.52. The van der Waals surface area contributed by atoms with Crippen LogP contribution in [0.5, 0.6) is 0 Å². The van der Waals surface area contributed by atoms with Crippen molar-refractivity contribution in [2.24, 2.45) is 0 Å². The van der Waals surface area contributed by atoms with E-state index in [-0.39, 0.29) is 11.3 Å². The second-order valence-electron chi connectivity index (χ2n) is 6.70. The number of amides is 1. The van der Waals surface area contributed by atoms with Crippen LogP contribution in [0.3, 0.4) is 0 Å². The van der Waals surface area contributed by atoms with Crippen molar-refractivity contribution in [3.63, 3.8) is 0 Å². The van der Waals surface area contributed by atoms with E-state index in [2.05, 4.69) is 0 Å². The number of carbonyl (C=O) groups is 1. The van der Waals surface area contributed by atoms with Crippen molar-refractivity contribution in [3.05, 3.63) is 76.1 Å². The smallest absolute Gasteiger partial charge is 0.276 e. The topological polar surface area (TPSA) is 53.8 Å². The average molecular weight is 404 g/mol. The predicted octanol–water partition coefficient (Wildman–Crippen LogP) is 4.27. The molecule has 1 amide bonds. The van der Waals surface area contributed by atoms with Crippen LogP contribution in [-0.4, -0.2) is 33.9 Å². The van der Waals surface area contributed by atoms with Gasteiger partial charge in [0.15, 0.2) is 10.5 Å². The van der Waals surface area contributed by atoms with Crippen LogP contribution in [0.25, 0.3) is 28.4 Å². The van der Waals surface area contributed by atoms with E-state index in [9.17, 15) is 9.59 Å². The summed E-state index contributed by atoms with van der Waals surface area (Å²) in [6.07, 6.45) is 1.78. The number of carbonyl (C=O) groups excluding carboxylic acids is 1. The summed E-state index contributed by atoms with van der Waals surface area (Å²) in [6, 6.07) is 16.4. The normalized spacial score (nSPS) is 15.7. The molecule has 0 aliphatic carbocycles. The van der Waals surface area contributed by atoms with Gasteiger partial charge in [0.1, 0.15) is 17.0 Å². The van der Waals surface area contributed by atoms with E-state index in [0.29, 0.717) is 40.6 Å². The molecule has 0 saturated carbocycles. The molecule has 4 rings (SSSR count). The Morgan fingerprint density at radius 1 is 0.966 bits per heavy atom. The molecule has 146 valence electrons. The zero-order chi connectivity index (χ0) is 20.5. The molecule has 29 heavy (non-hydrogen) atoms. The fourth-order valence-electron chi connectivity index (χ4n) is 3.48. The summed E-state index contributed by atoms with van der Waals surface area (Å²) in [7, 11) is 0. The highest BCUT2D eigenvalue weighted by molar-refractivity contribution is 7.80. The minimum absolute atomic E-state index is 0.120. The van der Waals surface area contributed by atoms with Crippen molar-refractivity contribution < 1.29 is 9.21 Å². The van der Waals surface area contributed by atoms with Gasteiger partial charge >= 0.3 is 0 Å². The fourth-order valence-corrected chi connectivity index (χ4v) is 3.92. The van der Waals surface area contributed by atoms with Crippen LogP contribution >= 0.6 is 12.2 Å². The van der Waals surface area contributed by atoms with Crippen molar-refractivity contribution in [3.8, 4) is 11.3 Å². The van der Waals surface area contributed by atoms with Crippen molar-refractivity contribution in [2.45, 2.75) is 13.8 Å². The van der Waals surface area contributed by atoms with Crippen LogP contribution in [-0.2, 0) is 4.79 Å². The number of hydrogen-bond donors (Lipinski definition) is 0. The molecule has 1 aromatic heterocycles.